The van der Waals surface area contributed by atoms with Gasteiger partial charge in [-0.2, -0.15) is 13.2 Å². The van der Waals surface area contributed by atoms with E-state index in [1.807, 2.05) is 0 Å². The van der Waals surface area contributed by atoms with Crippen LogP contribution in [-0.4, -0.2) is 46.8 Å². The van der Waals surface area contributed by atoms with Crippen LogP contribution in [0.2, 0.25) is 0 Å². The van der Waals surface area contributed by atoms with Crippen molar-refractivity contribution in [3.8, 4) is 5.75 Å². The molecule has 1 aromatic carbocycles. The van der Waals surface area contributed by atoms with Crippen LogP contribution in [-0.2, 0) is 11.3 Å². The number of aromatic nitrogens is 2. The summed E-state index contributed by atoms with van der Waals surface area (Å²) in [4.78, 5) is 15.9. The smallest absolute Gasteiger partial charge is 0.468 e. The van der Waals surface area contributed by atoms with Crippen LogP contribution in [0.3, 0.4) is 0 Å². The van der Waals surface area contributed by atoms with Crippen molar-refractivity contribution in [2.75, 3.05) is 13.9 Å². The molecule has 0 radical (unpaired) electrons. The topological polar surface area (TPSA) is 93.8 Å². The highest BCUT2D eigenvalue weighted by molar-refractivity contribution is 6.60. The van der Waals surface area contributed by atoms with Gasteiger partial charge in [0.1, 0.15) is 12.3 Å². The Bertz CT molecular complexity index is 763. The summed E-state index contributed by atoms with van der Waals surface area (Å²) in [5.74, 6) is -0.0991. The molecule has 23 heavy (non-hydrogen) atoms. The molecule has 0 saturated carbocycles. The Labute approximate surface area is 128 Å². The lowest BCUT2D eigenvalue weighted by Gasteiger charge is -2.13. The Hall–Kier alpha value is -2.11. The molecule has 0 fully saturated rings. The van der Waals surface area contributed by atoms with E-state index in [9.17, 15) is 28.0 Å². The number of rotatable bonds is 5. The van der Waals surface area contributed by atoms with Crippen molar-refractivity contribution in [2.45, 2.75) is 12.7 Å². The zero-order chi connectivity index (χ0) is 17.2. The van der Waals surface area contributed by atoms with Gasteiger partial charge in [-0.25, -0.2) is 4.98 Å². The summed E-state index contributed by atoms with van der Waals surface area (Å²) in [6.45, 7) is -1.73. The Morgan fingerprint density at radius 2 is 2.04 bits per heavy atom. The molecule has 2 rings (SSSR count). The van der Waals surface area contributed by atoms with Crippen LogP contribution in [0.1, 0.15) is 0 Å². The summed E-state index contributed by atoms with van der Waals surface area (Å²) in [6, 6.07) is 2.26. The van der Waals surface area contributed by atoms with Crippen LogP contribution < -0.4 is 15.8 Å². The highest BCUT2D eigenvalue weighted by Crippen LogP contribution is 2.18. The minimum absolute atomic E-state index is 0.0151. The Balaban J connectivity index is 2.59. The average molecular weight is 332 g/mol. The van der Waals surface area contributed by atoms with Crippen molar-refractivity contribution < 1.29 is 32.7 Å². The fourth-order valence-electron chi connectivity index (χ4n) is 1.96. The fourth-order valence-corrected chi connectivity index (χ4v) is 1.96. The van der Waals surface area contributed by atoms with E-state index in [1.54, 1.807) is 0 Å². The fraction of sp³-hybridized carbons (Fsp3) is 0.333. The van der Waals surface area contributed by atoms with E-state index < -0.39 is 25.4 Å². The number of benzene rings is 1. The van der Waals surface area contributed by atoms with Crippen LogP contribution in [0.15, 0.2) is 23.3 Å². The van der Waals surface area contributed by atoms with E-state index >= 15 is 0 Å². The molecule has 0 aliphatic rings. The molecule has 1 aromatic heterocycles. The monoisotopic (exact) mass is 332 g/mol. The van der Waals surface area contributed by atoms with Crippen LogP contribution in [0.5, 0.6) is 5.75 Å². The molecule has 0 spiro atoms. The third kappa shape index (κ3) is 4.00. The molecule has 0 atom stereocenters. The van der Waals surface area contributed by atoms with Gasteiger partial charge in [-0.15, -0.1) is 0 Å². The van der Waals surface area contributed by atoms with Gasteiger partial charge >= 0.3 is 13.3 Å². The maximum Gasteiger partial charge on any atom is 0.492 e. The molecular formula is C12H12BF3N2O5. The van der Waals surface area contributed by atoms with Crippen molar-refractivity contribution in [3.05, 3.63) is 28.8 Å². The van der Waals surface area contributed by atoms with Crippen LogP contribution in [0.4, 0.5) is 13.2 Å². The molecular weight excluding hydrogens is 320 g/mol. The molecule has 124 valence electrons. The number of hydrogen-bond donors (Lipinski definition) is 2. The van der Waals surface area contributed by atoms with Crippen LogP contribution in [0.25, 0.3) is 10.9 Å². The minimum Gasteiger partial charge on any atom is -0.468 e. The van der Waals surface area contributed by atoms with Gasteiger partial charge in [0.05, 0.1) is 17.2 Å². The lowest BCUT2D eigenvalue weighted by atomic mass is 9.79. The SMILES string of the molecule is COCOc1cc2c(=O)n(CC(F)(F)F)cnc2cc1B(O)O. The normalized spacial score (nSPS) is 11.7. The molecule has 0 bridgehead atoms. The molecule has 7 nitrogen and oxygen atoms in total. The highest BCUT2D eigenvalue weighted by Gasteiger charge is 2.29. The second-order valence-corrected chi connectivity index (χ2v) is 4.62. The first kappa shape index (κ1) is 17.3. The molecule has 0 saturated heterocycles. The lowest BCUT2D eigenvalue weighted by molar-refractivity contribution is -0.141. The van der Waals surface area contributed by atoms with E-state index in [-0.39, 0.29) is 28.9 Å². The van der Waals surface area contributed by atoms with Crippen LogP contribution in [0, 0.1) is 0 Å². The summed E-state index contributed by atoms with van der Waals surface area (Å²) in [5.41, 5.74) is -0.995. The first-order valence-electron chi connectivity index (χ1n) is 6.30. The molecule has 2 N–H and O–H groups in total. The van der Waals surface area contributed by atoms with Crippen molar-refractivity contribution in [1.29, 1.82) is 0 Å². The second kappa shape index (κ2) is 6.56. The van der Waals surface area contributed by atoms with Crippen molar-refractivity contribution in [3.63, 3.8) is 0 Å². The number of ether oxygens (including phenoxy) is 2. The van der Waals surface area contributed by atoms with Crippen molar-refractivity contribution in [2.24, 2.45) is 0 Å². The molecule has 2 aromatic rings. The second-order valence-electron chi connectivity index (χ2n) is 4.62. The number of alkyl halides is 3. The lowest BCUT2D eigenvalue weighted by Crippen LogP contribution is -2.33. The molecule has 1 heterocycles. The summed E-state index contributed by atoms with van der Waals surface area (Å²) in [7, 11) is -0.584. The number of nitrogens with zero attached hydrogens (tertiary/aromatic N) is 2. The van der Waals surface area contributed by atoms with Gasteiger partial charge in [-0.3, -0.25) is 9.36 Å². The standard InChI is InChI=1S/C12H12BF3N2O5/c1-22-6-23-10-2-7-9(3-8(10)13(20)21)17-5-18(11(7)19)4-12(14,15)16/h2-3,5,20-21H,4,6H2,1H3. The van der Waals surface area contributed by atoms with Gasteiger partial charge in [-0.1, -0.05) is 0 Å². The Morgan fingerprint density at radius 1 is 1.35 bits per heavy atom. The summed E-state index contributed by atoms with van der Waals surface area (Å²) in [5, 5.41) is 18.5. The highest BCUT2D eigenvalue weighted by atomic mass is 19.4. The molecule has 0 aliphatic heterocycles. The van der Waals surface area contributed by atoms with E-state index in [2.05, 4.69) is 9.72 Å². The van der Waals surface area contributed by atoms with Gasteiger partial charge in [0, 0.05) is 12.6 Å². The summed E-state index contributed by atoms with van der Waals surface area (Å²) < 4.78 is 47.5. The van der Waals surface area contributed by atoms with E-state index in [4.69, 9.17) is 4.74 Å². The van der Waals surface area contributed by atoms with Crippen LogP contribution >= 0.6 is 0 Å². The molecule has 0 amide bonds. The largest absolute Gasteiger partial charge is 0.492 e. The summed E-state index contributed by atoms with van der Waals surface area (Å²) >= 11 is 0. The van der Waals surface area contributed by atoms with E-state index in [0.717, 1.165) is 18.5 Å². The zero-order valence-corrected chi connectivity index (χ0v) is 11.9. The van der Waals surface area contributed by atoms with Gasteiger partial charge < -0.3 is 19.5 Å². The van der Waals surface area contributed by atoms with Gasteiger partial charge in [-0.05, 0) is 12.1 Å². The van der Waals surface area contributed by atoms with Gasteiger partial charge in [0.2, 0.25) is 0 Å². The van der Waals surface area contributed by atoms with Gasteiger partial charge in [0.25, 0.3) is 5.56 Å². The maximum atomic E-state index is 12.4. The van der Waals surface area contributed by atoms with Gasteiger partial charge in [0.15, 0.2) is 6.79 Å². The zero-order valence-electron chi connectivity index (χ0n) is 11.9. The van der Waals surface area contributed by atoms with E-state index in [1.165, 1.54) is 7.11 Å². The number of hydrogen-bond acceptors (Lipinski definition) is 6. The third-order valence-corrected chi connectivity index (χ3v) is 2.92. The Kier molecular flexibility index (Phi) is 4.92. The van der Waals surface area contributed by atoms with Crippen molar-refractivity contribution >= 4 is 23.5 Å². The van der Waals surface area contributed by atoms with Crippen molar-refractivity contribution in [1.82, 2.24) is 9.55 Å². The first-order chi connectivity index (χ1) is 10.7. The summed E-state index contributed by atoms with van der Waals surface area (Å²) in [6.07, 6.45) is -3.82. The third-order valence-electron chi connectivity index (χ3n) is 2.92. The molecule has 0 unspecified atom stereocenters. The molecule has 11 heteroatoms. The predicted molar refractivity (Wildman–Crippen MR) is 74.4 cm³/mol. The predicted octanol–water partition coefficient (Wildman–Crippen LogP) is -0.379. The average Bonchev–Trinajstić information content (AvgIpc) is 2.46. The maximum absolute atomic E-state index is 12.4. The number of halogens is 3. The molecule has 0 aliphatic carbocycles. The number of methoxy groups -OCH3 is 1. The first-order valence-corrected chi connectivity index (χ1v) is 6.30. The quantitative estimate of drug-likeness (QED) is 0.573. The number of fused-ring (bicyclic) bond motifs is 1. The minimum atomic E-state index is -4.57. The Morgan fingerprint density at radius 3 is 2.61 bits per heavy atom. The van der Waals surface area contributed by atoms with E-state index in [0.29, 0.717) is 4.57 Å².